The summed E-state index contributed by atoms with van der Waals surface area (Å²) in [6.45, 7) is 3.52. The average Bonchev–Trinajstić information content (AvgIpc) is 3.19. The van der Waals surface area contributed by atoms with Crippen LogP contribution in [0.25, 0.3) is 0 Å². The van der Waals surface area contributed by atoms with E-state index in [1.807, 2.05) is 38.1 Å². The number of benzene rings is 1. The Bertz CT molecular complexity index is 780. The van der Waals surface area contributed by atoms with Crippen LogP contribution in [0.2, 0.25) is 0 Å². The Labute approximate surface area is 139 Å². The summed E-state index contributed by atoms with van der Waals surface area (Å²) in [6.07, 6.45) is 2.04. The lowest BCUT2D eigenvalue weighted by Crippen LogP contribution is -2.43. The van der Waals surface area contributed by atoms with E-state index in [1.165, 1.54) is 0 Å². The fourth-order valence-corrected chi connectivity index (χ4v) is 2.98. The molecule has 0 radical (unpaired) electrons. The van der Waals surface area contributed by atoms with Gasteiger partial charge >= 0.3 is 6.03 Å². The molecule has 1 aromatic carbocycles. The molecule has 1 aromatic heterocycles. The first-order valence-corrected chi connectivity index (χ1v) is 7.86. The van der Waals surface area contributed by atoms with Crippen molar-refractivity contribution in [1.29, 1.82) is 0 Å². The molecule has 0 saturated carbocycles. The van der Waals surface area contributed by atoms with Gasteiger partial charge < -0.3 is 10.3 Å². The van der Waals surface area contributed by atoms with Crippen LogP contribution in [0, 0.1) is 6.92 Å². The summed E-state index contributed by atoms with van der Waals surface area (Å²) in [5.41, 5.74) is 1.06. The number of nitrogens with one attached hydrogen (secondary N) is 2. The number of imide groups is 1. The molecular formula is C18H19N3O3. The van der Waals surface area contributed by atoms with Crippen LogP contribution in [0.5, 0.6) is 0 Å². The molecule has 3 rings (SSSR count). The number of H-pyrrole nitrogens is 1. The number of carbonyl (C=O) groups is 3. The van der Waals surface area contributed by atoms with E-state index in [2.05, 4.69) is 10.3 Å². The highest BCUT2D eigenvalue weighted by atomic mass is 16.2. The summed E-state index contributed by atoms with van der Waals surface area (Å²) in [5, 5.41) is 2.78. The highest BCUT2D eigenvalue weighted by molar-refractivity contribution is 6.11. The number of rotatable bonds is 5. The van der Waals surface area contributed by atoms with Crippen LogP contribution in [0.3, 0.4) is 0 Å². The highest BCUT2D eigenvalue weighted by Crippen LogP contribution is 2.32. The van der Waals surface area contributed by atoms with Crippen LogP contribution in [-0.2, 0) is 10.3 Å². The largest absolute Gasteiger partial charge is 0.359 e. The Morgan fingerprint density at radius 3 is 2.46 bits per heavy atom. The molecule has 124 valence electrons. The molecule has 2 heterocycles. The smallest absolute Gasteiger partial charge is 0.325 e. The van der Waals surface area contributed by atoms with Gasteiger partial charge in [-0.25, -0.2) is 4.79 Å². The number of amides is 3. The van der Waals surface area contributed by atoms with Crippen molar-refractivity contribution in [3.05, 3.63) is 59.4 Å². The molecule has 0 bridgehead atoms. The van der Waals surface area contributed by atoms with Gasteiger partial charge in [-0.05, 0) is 31.0 Å². The number of aryl methyl sites for hydroxylation is 1. The zero-order valence-corrected chi connectivity index (χ0v) is 13.6. The van der Waals surface area contributed by atoms with Crippen LogP contribution >= 0.6 is 0 Å². The summed E-state index contributed by atoms with van der Waals surface area (Å²) in [7, 11) is 0. The van der Waals surface area contributed by atoms with Gasteiger partial charge in [0, 0.05) is 6.20 Å². The Morgan fingerprint density at radius 1 is 1.17 bits per heavy atom. The minimum atomic E-state index is -1.11. The molecule has 0 spiro atoms. The average molecular weight is 325 g/mol. The highest BCUT2D eigenvalue weighted by Gasteiger charge is 2.51. The van der Waals surface area contributed by atoms with Gasteiger partial charge in [0.15, 0.2) is 5.78 Å². The van der Waals surface area contributed by atoms with E-state index in [0.717, 1.165) is 16.0 Å². The van der Waals surface area contributed by atoms with Gasteiger partial charge in [-0.3, -0.25) is 14.5 Å². The molecule has 6 nitrogen and oxygen atoms in total. The van der Waals surface area contributed by atoms with Crippen molar-refractivity contribution in [1.82, 2.24) is 15.2 Å². The third kappa shape index (κ3) is 2.50. The number of carbonyl (C=O) groups excluding carboxylic acids is 3. The van der Waals surface area contributed by atoms with E-state index in [4.69, 9.17) is 0 Å². The molecule has 1 aliphatic rings. The summed E-state index contributed by atoms with van der Waals surface area (Å²) < 4.78 is 0. The first kappa shape index (κ1) is 16.0. The number of aromatic amines is 1. The molecule has 1 aliphatic heterocycles. The predicted octanol–water partition coefficient (Wildman–Crippen LogP) is 2.36. The molecule has 2 aromatic rings. The maximum Gasteiger partial charge on any atom is 0.325 e. The van der Waals surface area contributed by atoms with Gasteiger partial charge in [-0.1, -0.05) is 36.8 Å². The lowest BCUT2D eigenvalue weighted by atomic mass is 9.86. The molecule has 0 unspecified atom stereocenters. The lowest BCUT2D eigenvalue weighted by molar-refractivity contribution is -0.131. The van der Waals surface area contributed by atoms with Gasteiger partial charge in [0.2, 0.25) is 0 Å². The monoisotopic (exact) mass is 325 g/mol. The zero-order valence-electron chi connectivity index (χ0n) is 13.6. The van der Waals surface area contributed by atoms with E-state index in [1.54, 1.807) is 18.3 Å². The predicted molar refractivity (Wildman–Crippen MR) is 88.5 cm³/mol. The van der Waals surface area contributed by atoms with Gasteiger partial charge in [-0.15, -0.1) is 0 Å². The summed E-state index contributed by atoms with van der Waals surface area (Å²) in [5.74, 6) is -0.696. The van der Waals surface area contributed by atoms with Crippen LogP contribution < -0.4 is 5.32 Å². The van der Waals surface area contributed by atoms with Gasteiger partial charge in [-0.2, -0.15) is 0 Å². The van der Waals surface area contributed by atoms with Crippen molar-refractivity contribution in [3.8, 4) is 0 Å². The fraction of sp³-hybridized carbons (Fsp3) is 0.278. The Hall–Kier alpha value is -2.89. The standard InChI is InChI=1S/C18H19N3O3/c1-3-18(13-8-6-12(2)7-9-13)16(23)21(17(24)20-18)11-15(22)14-5-4-10-19-14/h4-10,19H,3,11H2,1-2H3,(H,20,24)/t18-/m0/s1. The Balaban J connectivity index is 1.89. The van der Waals surface area contributed by atoms with Crippen molar-refractivity contribution in [2.24, 2.45) is 0 Å². The third-order valence-electron chi connectivity index (χ3n) is 4.45. The number of hydrogen-bond donors (Lipinski definition) is 2. The second-order valence-electron chi connectivity index (χ2n) is 5.95. The minimum absolute atomic E-state index is 0.279. The molecule has 1 saturated heterocycles. The first-order valence-electron chi connectivity index (χ1n) is 7.86. The van der Waals surface area contributed by atoms with Crippen molar-refractivity contribution in [2.75, 3.05) is 6.54 Å². The quantitative estimate of drug-likeness (QED) is 0.654. The summed E-state index contributed by atoms with van der Waals surface area (Å²) >= 11 is 0. The number of ketones is 1. The van der Waals surface area contributed by atoms with Gasteiger partial charge in [0.05, 0.1) is 12.2 Å². The van der Waals surface area contributed by atoms with E-state index < -0.39 is 17.5 Å². The number of Topliss-reactive ketones (excluding diaryl/α,β-unsaturated/α-hetero) is 1. The van der Waals surface area contributed by atoms with Crippen molar-refractivity contribution >= 4 is 17.7 Å². The molecular weight excluding hydrogens is 306 g/mol. The first-order chi connectivity index (χ1) is 11.5. The van der Waals surface area contributed by atoms with Crippen LogP contribution in [0.15, 0.2) is 42.6 Å². The molecule has 24 heavy (non-hydrogen) atoms. The van der Waals surface area contributed by atoms with Crippen molar-refractivity contribution in [3.63, 3.8) is 0 Å². The lowest BCUT2D eigenvalue weighted by Gasteiger charge is -2.25. The number of hydrogen-bond acceptors (Lipinski definition) is 3. The van der Waals surface area contributed by atoms with E-state index in [-0.39, 0.29) is 12.3 Å². The molecule has 2 N–H and O–H groups in total. The van der Waals surface area contributed by atoms with Crippen LogP contribution in [-0.4, -0.2) is 34.2 Å². The second kappa shape index (κ2) is 5.96. The maximum atomic E-state index is 12.9. The van der Waals surface area contributed by atoms with Crippen LogP contribution in [0.4, 0.5) is 4.79 Å². The molecule has 3 amide bonds. The van der Waals surface area contributed by atoms with E-state index in [0.29, 0.717) is 12.1 Å². The number of urea groups is 1. The van der Waals surface area contributed by atoms with E-state index in [9.17, 15) is 14.4 Å². The number of aromatic nitrogens is 1. The molecule has 1 atom stereocenters. The molecule has 0 aliphatic carbocycles. The Kier molecular flexibility index (Phi) is 3.97. The van der Waals surface area contributed by atoms with Gasteiger partial charge in [0.1, 0.15) is 5.54 Å². The summed E-state index contributed by atoms with van der Waals surface area (Å²) in [6, 6.07) is 10.3. The number of nitrogens with zero attached hydrogens (tertiary/aromatic N) is 1. The molecule has 6 heteroatoms. The van der Waals surface area contributed by atoms with Crippen LogP contribution in [0.1, 0.15) is 35.0 Å². The SMILES string of the molecule is CC[C@@]1(c2ccc(C)cc2)NC(=O)N(CC(=O)c2ccc[nH]2)C1=O. The Morgan fingerprint density at radius 2 is 1.88 bits per heavy atom. The van der Waals surface area contributed by atoms with Crippen molar-refractivity contribution in [2.45, 2.75) is 25.8 Å². The minimum Gasteiger partial charge on any atom is -0.359 e. The van der Waals surface area contributed by atoms with Gasteiger partial charge in [0.25, 0.3) is 5.91 Å². The summed E-state index contributed by atoms with van der Waals surface area (Å²) in [4.78, 5) is 41.3. The fourth-order valence-electron chi connectivity index (χ4n) is 2.98. The normalized spacial score (nSPS) is 20.3. The third-order valence-corrected chi connectivity index (χ3v) is 4.45. The topological polar surface area (TPSA) is 82.3 Å². The van der Waals surface area contributed by atoms with Crippen molar-refractivity contribution < 1.29 is 14.4 Å². The molecule has 1 fully saturated rings. The van der Waals surface area contributed by atoms with E-state index >= 15 is 0 Å². The maximum absolute atomic E-state index is 12.9. The zero-order chi connectivity index (χ0) is 17.3. The second-order valence-corrected chi connectivity index (χ2v) is 5.95.